The molecule has 2 aromatic rings. The first-order valence-electron chi connectivity index (χ1n) is 5.13. The van der Waals surface area contributed by atoms with Crippen molar-refractivity contribution in [2.75, 3.05) is 0 Å². The summed E-state index contributed by atoms with van der Waals surface area (Å²) in [5, 5.41) is 0.561. The van der Waals surface area contributed by atoms with Crippen molar-refractivity contribution in [3.8, 4) is 11.4 Å². The minimum atomic E-state index is 0.561. The molecule has 1 aromatic carbocycles. The molecule has 1 heterocycles. The molecule has 0 saturated heterocycles. The van der Waals surface area contributed by atoms with E-state index < -0.39 is 0 Å². The molecule has 16 heavy (non-hydrogen) atoms. The first kappa shape index (κ1) is 11.1. The molecule has 82 valence electrons. The fourth-order valence-electron chi connectivity index (χ4n) is 1.97. The summed E-state index contributed by atoms with van der Waals surface area (Å²) in [6.45, 7) is 6.24. The average molecular weight is 233 g/mol. The van der Waals surface area contributed by atoms with Crippen molar-refractivity contribution >= 4 is 11.6 Å². The number of aryl methyl sites for hydroxylation is 3. The molecule has 0 fully saturated rings. The van der Waals surface area contributed by atoms with E-state index >= 15 is 0 Å². The third-order valence-corrected chi connectivity index (χ3v) is 2.72. The Morgan fingerprint density at radius 1 is 0.938 bits per heavy atom. The first-order valence-corrected chi connectivity index (χ1v) is 5.51. The van der Waals surface area contributed by atoms with E-state index in [9.17, 15) is 0 Å². The van der Waals surface area contributed by atoms with Gasteiger partial charge in [-0.15, -0.1) is 0 Å². The van der Waals surface area contributed by atoms with Crippen molar-refractivity contribution in [3.05, 3.63) is 46.2 Å². The van der Waals surface area contributed by atoms with Gasteiger partial charge in [-0.05, 0) is 31.9 Å². The Morgan fingerprint density at radius 2 is 1.44 bits per heavy atom. The van der Waals surface area contributed by atoms with Gasteiger partial charge in [0, 0.05) is 18.0 Å². The van der Waals surface area contributed by atoms with E-state index in [2.05, 4.69) is 42.9 Å². The zero-order valence-electron chi connectivity index (χ0n) is 9.58. The number of nitrogens with zero attached hydrogens (tertiary/aromatic N) is 2. The fourth-order valence-corrected chi connectivity index (χ4v) is 2.07. The predicted molar refractivity (Wildman–Crippen MR) is 66.7 cm³/mol. The number of aromatic nitrogens is 2. The van der Waals surface area contributed by atoms with Gasteiger partial charge < -0.3 is 0 Å². The highest BCUT2D eigenvalue weighted by atomic mass is 35.5. The lowest BCUT2D eigenvalue weighted by atomic mass is 9.99. The lowest BCUT2D eigenvalue weighted by molar-refractivity contribution is 1.15. The smallest absolute Gasteiger partial charge is 0.159 e. The summed E-state index contributed by atoms with van der Waals surface area (Å²) in [4.78, 5) is 8.51. The van der Waals surface area contributed by atoms with E-state index in [1.54, 1.807) is 12.4 Å². The van der Waals surface area contributed by atoms with Crippen molar-refractivity contribution in [2.24, 2.45) is 0 Å². The zero-order chi connectivity index (χ0) is 11.7. The second-order valence-electron chi connectivity index (χ2n) is 4.00. The average Bonchev–Trinajstić information content (AvgIpc) is 2.19. The molecular weight excluding hydrogens is 220 g/mol. The number of hydrogen-bond donors (Lipinski definition) is 0. The molecule has 0 atom stereocenters. The highest BCUT2D eigenvalue weighted by molar-refractivity contribution is 6.30. The lowest BCUT2D eigenvalue weighted by Gasteiger charge is -2.09. The molecule has 0 unspecified atom stereocenters. The molecule has 0 radical (unpaired) electrons. The minimum absolute atomic E-state index is 0.561. The maximum atomic E-state index is 5.78. The Bertz CT molecular complexity index is 495. The maximum Gasteiger partial charge on any atom is 0.159 e. The predicted octanol–water partition coefficient (Wildman–Crippen LogP) is 3.72. The van der Waals surface area contributed by atoms with Crippen LogP contribution in [0.3, 0.4) is 0 Å². The number of benzene rings is 1. The van der Waals surface area contributed by atoms with Gasteiger partial charge in [0.2, 0.25) is 0 Å². The van der Waals surface area contributed by atoms with Gasteiger partial charge >= 0.3 is 0 Å². The van der Waals surface area contributed by atoms with Crippen molar-refractivity contribution in [2.45, 2.75) is 20.8 Å². The second-order valence-corrected chi connectivity index (χ2v) is 4.44. The fraction of sp³-hybridized carbons (Fsp3) is 0.231. The number of halogens is 1. The molecule has 0 saturated carbocycles. The molecule has 0 aliphatic carbocycles. The summed E-state index contributed by atoms with van der Waals surface area (Å²) in [5.74, 6) is 0.736. The maximum absolute atomic E-state index is 5.78. The Morgan fingerprint density at radius 3 is 1.94 bits per heavy atom. The SMILES string of the molecule is Cc1cc(C)c(-c2ncc(Cl)cn2)c(C)c1. The highest BCUT2D eigenvalue weighted by Crippen LogP contribution is 2.25. The van der Waals surface area contributed by atoms with Gasteiger partial charge in [0.25, 0.3) is 0 Å². The van der Waals surface area contributed by atoms with Gasteiger partial charge in [-0.25, -0.2) is 9.97 Å². The topological polar surface area (TPSA) is 25.8 Å². The summed E-state index contributed by atoms with van der Waals surface area (Å²) < 4.78 is 0. The molecule has 0 N–H and O–H groups in total. The zero-order valence-corrected chi connectivity index (χ0v) is 10.3. The van der Waals surface area contributed by atoms with E-state index in [-0.39, 0.29) is 0 Å². The van der Waals surface area contributed by atoms with Gasteiger partial charge in [0.1, 0.15) is 0 Å². The molecular formula is C13H13ClN2. The molecule has 3 heteroatoms. The van der Waals surface area contributed by atoms with Gasteiger partial charge in [0.05, 0.1) is 5.02 Å². The largest absolute Gasteiger partial charge is 0.235 e. The van der Waals surface area contributed by atoms with Crippen molar-refractivity contribution < 1.29 is 0 Å². The monoisotopic (exact) mass is 232 g/mol. The second kappa shape index (κ2) is 4.22. The van der Waals surface area contributed by atoms with Crippen LogP contribution < -0.4 is 0 Å². The molecule has 0 amide bonds. The molecule has 1 aromatic heterocycles. The van der Waals surface area contributed by atoms with Gasteiger partial charge in [-0.3, -0.25) is 0 Å². The van der Waals surface area contributed by atoms with E-state index in [1.807, 2.05) is 0 Å². The van der Waals surface area contributed by atoms with Crippen LogP contribution in [-0.2, 0) is 0 Å². The summed E-state index contributed by atoms with van der Waals surface area (Å²) in [6.07, 6.45) is 3.26. The third kappa shape index (κ3) is 2.07. The Balaban J connectivity index is 2.60. The van der Waals surface area contributed by atoms with Gasteiger partial charge in [-0.1, -0.05) is 29.3 Å². The van der Waals surface area contributed by atoms with Crippen LogP contribution in [0.25, 0.3) is 11.4 Å². The summed E-state index contributed by atoms with van der Waals surface area (Å²) in [7, 11) is 0. The quantitative estimate of drug-likeness (QED) is 0.749. The van der Waals surface area contributed by atoms with Crippen LogP contribution in [0.15, 0.2) is 24.5 Å². The molecule has 0 spiro atoms. The lowest BCUT2D eigenvalue weighted by Crippen LogP contribution is -1.94. The summed E-state index contributed by atoms with van der Waals surface area (Å²) in [6, 6.07) is 4.28. The number of rotatable bonds is 1. The first-order chi connectivity index (χ1) is 7.58. The summed E-state index contributed by atoms with van der Waals surface area (Å²) >= 11 is 5.78. The molecule has 0 aliphatic heterocycles. The molecule has 0 aliphatic rings. The molecule has 2 nitrogen and oxygen atoms in total. The Kier molecular flexibility index (Phi) is 2.92. The standard InChI is InChI=1S/C13H13ClN2/c1-8-4-9(2)12(10(3)5-8)13-15-6-11(14)7-16-13/h4-7H,1-3H3. The van der Waals surface area contributed by atoms with Crippen LogP contribution in [-0.4, -0.2) is 9.97 Å². The van der Waals surface area contributed by atoms with Crippen molar-refractivity contribution in [1.82, 2.24) is 9.97 Å². The van der Waals surface area contributed by atoms with E-state index in [4.69, 9.17) is 11.6 Å². The third-order valence-electron chi connectivity index (χ3n) is 2.52. The number of hydrogen-bond acceptors (Lipinski definition) is 2. The van der Waals surface area contributed by atoms with E-state index in [0.29, 0.717) is 5.02 Å². The highest BCUT2D eigenvalue weighted by Gasteiger charge is 2.08. The minimum Gasteiger partial charge on any atom is -0.235 e. The van der Waals surface area contributed by atoms with Crippen LogP contribution >= 0.6 is 11.6 Å². The molecule has 2 rings (SSSR count). The van der Waals surface area contributed by atoms with Crippen LogP contribution in [0.2, 0.25) is 5.02 Å². The van der Waals surface area contributed by atoms with Gasteiger partial charge in [-0.2, -0.15) is 0 Å². The molecule has 0 bridgehead atoms. The van der Waals surface area contributed by atoms with Crippen molar-refractivity contribution in [3.63, 3.8) is 0 Å². The van der Waals surface area contributed by atoms with E-state index in [0.717, 1.165) is 11.4 Å². The van der Waals surface area contributed by atoms with Crippen LogP contribution in [0.5, 0.6) is 0 Å². The Hall–Kier alpha value is -1.41. The van der Waals surface area contributed by atoms with Gasteiger partial charge in [0.15, 0.2) is 5.82 Å². The normalized spacial score (nSPS) is 10.5. The van der Waals surface area contributed by atoms with Crippen LogP contribution in [0.1, 0.15) is 16.7 Å². The van der Waals surface area contributed by atoms with E-state index in [1.165, 1.54) is 16.7 Å². The van der Waals surface area contributed by atoms with Crippen LogP contribution in [0.4, 0.5) is 0 Å². The summed E-state index contributed by atoms with van der Waals surface area (Å²) in [5.41, 5.74) is 4.75. The Labute approximate surface area is 100 Å². The van der Waals surface area contributed by atoms with Crippen molar-refractivity contribution in [1.29, 1.82) is 0 Å². The van der Waals surface area contributed by atoms with Crippen LogP contribution in [0, 0.1) is 20.8 Å².